The number of aryl methyl sites for hydroxylation is 4. The number of aliphatic hydroxyl groups is 20. The van der Waals surface area contributed by atoms with Gasteiger partial charge in [0.25, 0.3) is 0 Å². The molecule has 129 heavy (non-hydrogen) atoms. The molecule has 0 bridgehead atoms. The van der Waals surface area contributed by atoms with Crippen molar-refractivity contribution < 1.29 is 196 Å². The second-order valence-electron chi connectivity index (χ2n) is 32.5. The fourth-order valence-corrected chi connectivity index (χ4v) is 16.3. The zero-order valence-corrected chi connectivity index (χ0v) is 69.9. The summed E-state index contributed by atoms with van der Waals surface area (Å²) in [7, 11) is 0. The van der Waals surface area contributed by atoms with E-state index in [9.17, 15) is 116 Å². The van der Waals surface area contributed by atoms with Crippen LogP contribution in [0, 0.1) is 33.6 Å². The third-order valence-corrected chi connectivity index (χ3v) is 23.6. The minimum Gasteiger partial charge on any atom is -0.508 e. The number of ether oxygens (including phenoxy) is 15. The van der Waals surface area contributed by atoms with Gasteiger partial charge in [0.15, 0.2) is 43.8 Å². The van der Waals surface area contributed by atoms with Crippen LogP contribution in [0.4, 0.5) is 0 Å². The maximum atomic E-state index is 12.8. The quantitative estimate of drug-likeness (QED) is 0.0251. The van der Waals surface area contributed by atoms with Crippen LogP contribution in [-0.4, -0.2) is 362 Å². The van der Waals surface area contributed by atoms with Gasteiger partial charge in [0, 0.05) is 69.9 Å². The van der Waals surface area contributed by atoms with Crippen molar-refractivity contribution in [2.75, 3.05) is 46.2 Å². The molecular formula is C85H106O44. The summed E-state index contributed by atoms with van der Waals surface area (Å²) in [5.41, 5.74) is 2.57. The van der Waals surface area contributed by atoms with E-state index in [-0.39, 0.29) is 47.3 Å². The van der Waals surface area contributed by atoms with Crippen molar-refractivity contribution in [2.24, 2.45) is 5.92 Å². The van der Waals surface area contributed by atoms with Crippen LogP contribution in [0.2, 0.25) is 0 Å². The number of phenolic OH excluding ortho intramolecular Hbond substituents is 1. The van der Waals surface area contributed by atoms with Gasteiger partial charge in [-0.25, -0.2) is 19.2 Å². The van der Waals surface area contributed by atoms with Gasteiger partial charge in [0.1, 0.15) is 193 Å². The normalized spacial score (nSPS) is 36.7. The Labute approximate surface area is 729 Å². The van der Waals surface area contributed by atoms with Crippen molar-refractivity contribution in [3.8, 4) is 17.2 Å². The molecule has 7 saturated heterocycles. The second kappa shape index (κ2) is 42.4. The van der Waals surface area contributed by atoms with Crippen LogP contribution in [0.15, 0.2) is 134 Å². The number of aliphatic hydroxyl groups excluding tert-OH is 20. The first-order valence-electron chi connectivity index (χ1n) is 41.3. The van der Waals surface area contributed by atoms with E-state index in [1.165, 1.54) is 68.4 Å². The topological polar surface area (TPSA) is 684 Å². The number of hydrogen-bond acceptors (Lipinski definition) is 44. The smallest absolute Gasteiger partial charge is 0.336 e. The summed E-state index contributed by atoms with van der Waals surface area (Å²) in [5, 5.41) is 233. The van der Waals surface area contributed by atoms with E-state index in [0.29, 0.717) is 33.1 Å². The molecule has 7 aliphatic rings. The molecule has 14 unspecified atom stereocenters. The lowest BCUT2D eigenvalue weighted by atomic mass is 9.91. The van der Waals surface area contributed by atoms with Gasteiger partial charge in [0.2, 0.25) is 0 Å². The lowest BCUT2D eigenvalue weighted by Gasteiger charge is -2.50. The first-order valence-corrected chi connectivity index (χ1v) is 41.3. The van der Waals surface area contributed by atoms with Crippen LogP contribution in [0.5, 0.6) is 17.2 Å². The summed E-state index contributed by atoms with van der Waals surface area (Å²) >= 11 is 0. The molecule has 7 fully saturated rings. The Morgan fingerprint density at radius 1 is 0.302 bits per heavy atom. The molecule has 4 aromatic carbocycles. The molecule has 44 heteroatoms. The highest BCUT2D eigenvalue weighted by Gasteiger charge is 2.59. The van der Waals surface area contributed by atoms with Crippen molar-refractivity contribution in [2.45, 2.75) is 257 Å². The van der Waals surface area contributed by atoms with Crippen LogP contribution >= 0.6 is 0 Å². The highest BCUT2D eigenvalue weighted by molar-refractivity contribution is 5.83. The maximum absolute atomic E-state index is 12.8. The van der Waals surface area contributed by atoms with Gasteiger partial charge in [-0.2, -0.15) is 0 Å². The molecule has 0 radical (unpaired) electrons. The third kappa shape index (κ3) is 21.5. The Hall–Kier alpha value is -8.20. The molecule has 0 spiro atoms. The maximum Gasteiger partial charge on any atom is 0.336 e. The van der Waals surface area contributed by atoms with Crippen molar-refractivity contribution in [3.63, 3.8) is 0 Å². The molecule has 35 atom stereocenters. The summed E-state index contributed by atoms with van der Waals surface area (Å²) in [5.74, 6) is -0.741. The molecule has 0 saturated carbocycles. The number of fused-ring (bicyclic) bond motifs is 4. The number of rotatable bonds is 24. The van der Waals surface area contributed by atoms with E-state index in [1.54, 1.807) is 44.2 Å². The van der Waals surface area contributed by atoms with Gasteiger partial charge >= 0.3 is 22.5 Å². The van der Waals surface area contributed by atoms with Crippen molar-refractivity contribution >= 4 is 43.9 Å². The number of benzene rings is 4. The number of hydrogen-bond donors (Lipinski definition) is 21. The molecule has 44 nitrogen and oxygen atoms in total. The second-order valence-corrected chi connectivity index (χ2v) is 32.5. The van der Waals surface area contributed by atoms with Gasteiger partial charge in [-0.1, -0.05) is 19.1 Å². The molecule has 0 amide bonds. The van der Waals surface area contributed by atoms with Crippen molar-refractivity contribution in [1.82, 2.24) is 0 Å². The Balaban J connectivity index is 0.000000443. The Bertz CT molecular complexity index is 5310. The summed E-state index contributed by atoms with van der Waals surface area (Å²) in [6.07, 6.45) is -63.7. The summed E-state index contributed by atoms with van der Waals surface area (Å²) < 4.78 is 111. The summed E-state index contributed by atoms with van der Waals surface area (Å²) in [4.78, 5) is 46.8. The predicted molar refractivity (Wildman–Crippen MR) is 432 cm³/mol. The fourth-order valence-electron chi connectivity index (χ4n) is 16.3. The molecule has 15 rings (SSSR count). The molecule has 11 heterocycles. The molecule has 710 valence electrons. The number of phenols is 1. The molecule has 4 aromatic heterocycles. The summed E-state index contributed by atoms with van der Waals surface area (Å²) in [6, 6.07) is 24.2. The highest BCUT2D eigenvalue weighted by Crippen LogP contribution is 2.41. The first-order chi connectivity index (χ1) is 61.4. The molecule has 0 aliphatic carbocycles. The standard InChI is InChI=1S/C64H88O38.C11H10O3.C10H8O3/c1-20-9-37(70)90-28-11-24(5-7-26(20)28)86-18-35-56(43(76)40(73)23(4)88-35)100-62-49(82)44(77)54(33(16-68)94-62)99-61-51(84)46(79)55(34(17-69)96-61)102-64-58(89-25-6-8-27-21(2)10-38(71)91-29(27)12-25)52(85)57(36(97-64)19-87-59-48(81)42(75)41(74)31(14-66)93-59)101-63-50(83)45(78)53(32(15-67)95-63)98-60-47(80)39(72)22(3)30(13-65)92-60;1-7-4-11(13)14-10-5-8(6-12)2-3-9(7)10;1-6-4-10(12)13-9-5-7(11)2-3-8(6)9/h5-12,22-23,30-36,39-69,72-85H,13-19H2,1-4H3;2-5,12H,6H2,1H3;2-5,11H,1H3/t22-,23+,30?,31?,32?,33?,34?,35?,36?,39-,40?,41-,42-,43+,44+,45+,46+,47?,48?,49?,50?,51?,52-,53-,54-,55-,56-,57-,58?,59-,60+,61+,62+,63+,64+;;/m1../s1. The van der Waals surface area contributed by atoms with Crippen LogP contribution in [-0.2, 0) is 68.2 Å². The highest BCUT2D eigenvalue weighted by atomic mass is 16.8. The van der Waals surface area contributed by atoms with Gasteiger partial charge < -0.3 is 196 Å². The zero-order valence-electron chi connectivity index (χ0n) is 69.9. The first kappa shape index (κ1) is 98.3. The monoisotopic (exact) mass is 1830 g/mol. The van der Waals surface area contributed by atoms with E-state index >= 15 is 0 Å². The van der Waals surface area contributed by atoms with Crippen LogP contribution in [0.25, 0.3) is 43.9 Å². The van der Waals surface area contributed by atoms with Gasteiger partial charge in [0.05, 0.1) is 64.6 Å². The van der Waals surface area contributed by atoms with E-state index < -0.39 is 271 Å². The Kier molecular flexibility index (Phi) is 32.3. The molecule has 8 aromatic rings. The Morgan fingerprint density at radius 2 is 0.651 bits per heavy atom. The van der Waals surface area contributed by atoms with Crippen LogP contribution in [0.3, 0.4) is 0 Å². The zero-order chi connectivity index (χ0) is 93.2. The van der Waals surface area contributed by atoms with E-state index in [0.717, 1.165) is 27.5 Å². The van der Waals surface area contributed by atoms with Crippen molar-refractivity contribution in [3.05, 3.63) is 167 Å². The molecule has 21 N–H and O–H groups in total. The number of aromatic hydroxyl groups is 1. The SMILES string of the molecule is Cc1cc(=O)oc2cc(CO)ccc12.Cc1cc(=O)oc2cc(O)ccc12.Cc1cc(=O)oc2cc(OCC3O[C@@H](C)C(O)[C@H](O)[C@@H]3O[C@@H]3OC(CO)[C@@H](O[C@@H]4OC(CO)[C@@H](O[C@@H]5OC(CO[C@@H]6OC(CO)[C@@H](O)[C@@H](O)C6O)[C@@H](O[C@@H]6OC(CO)[C@@H](O[C@@H]7OC(CO)[C@@H](C)[C@@H](O)C7O)[C@@H](O)C6O)[C@@H](O)C5Oc5ccc6c(C)cc(=O)oc6c5)[C@@H](O)C4O)[C@@H](O)C3O)ccc12. The van der Waals surface area contributed by atoms with Gasteiger partial charge in [-0.15, -0.1) is 0 Å². The van der Waals surface area contributed by atoms with Crippen LogP contribution in [0.1, 0.15) is 41.7 Å². The van der Waals surface area contributed by atoms with E-state index in [1.807, 2.05) is 26.0 Å². The predicted octanol–water partition coefficient (Wildman–Crippen LogP) is -5.53. The lowest BCUT2D eigenvalue weighted by molar-refractivity contribution is -0.396. The van der Waals surface area contributed by atoms with E-state index in [2.05, 4.69) is 0 Å². The Morgan fingerprint density at radius 3 is 1.11 bits per heavy atom. The minimum atomic E-state index is -2.31. The lowest BCUT2D eigenvalue weighted by Crippen LogP contribution is -2.69. The molecule has 7 aliphatic heterocycles. The summed E-state index contributed by atoms with van der Waals surface area (Å²) in [6.45, 7) is 3.81. The third-order valence-electron chi connectivity index (χ3n) is 23.6. The average molecular weight is 1830 g/mol. The van der Waals surface area contributed by atoms with Crippen LogP contribution < -0.4 is 32.0 Å². The fraction of sp³-hybridized carbons (Fsp3) is 0.576. The van der Waals surface area contributed by atoms with E-state index in [4.69, 9.17) is 98.9 Å². The van der Waals surface area contributed by atoms with Crippen molar-refractivity contribution in [1.29, 1.82) is 0 Å². The average Bonchev–Trinajstić information content (AvgIpc) is 0.758. The van der Waals surface area contributed by atoms with Gasteiger partial charge in [-0.05, 0) is 105 Å². The minimum absolute atomic E-state index is 0.0472. The molecular weight excluding hydrogens is 1720 g/mol. The van der Waals surface area contributed by atoms with Gasteiger partial charge in [-0.3, -0.25) is 0 Å². The largest absolute Gasteiger partial charge is 0.508 e.